The monoisotopic (exact) mass is 240 g/mol. The normalized spacial score (nSPS) is 22.1. The van der Waals surface area contributed by atoms with Crippen molar-refractivity contribution < 1.29 is 14.4 Å². The second kappa shape index (κ2) is 4.47. The van der Waals surface area contributed by atoms with Gasteiger partial charge in [0, 0.05) is 14.1 Å². The van der Waals surface area contributed by atoms with E-state index in [1.165, 1.54) is 14.1 Å². The maximum atomic E-state index is 12.3. The molecule has 1 aliphatic rings. The Hall–Kier alpha value is -1.39. The molecule has 0 spiro atoms. The Labute approximate surface area is 102 Å². The van der Waals surface area contributed by atoms with Crippen molar-refractivity contribution in [2.24, 2.45) is 11.3 Å². The zero-order valence-electron chi connectivity index (χ0n) is 11.1. The number of urea groups is 1. The maximum absolute atomic E-state index is 12.3. The molecule has 0 saturated carbocycles. The van der Waals surface area contributed by atoms with Gasteiger partial charge in [0.15, 0.2) is 0 Å². The third-order valence-corrected chi connectivity index (χ3v) is 3.96. The highest BCUT2D eigenvalue weighted by atomic mass is 16.2. The summed E-state index contributed by atoms with van der Waals surface area (Å²) < 4.78 is 0. The number of hydrogen-bond donors (Lipinski definition) is 0. The van der Waals surface area contributed by atoms with Crippen molar-refractivity contribution in [1.82, 2.24) is 9.80 Å². The minimum Gasteiger partial charge on any atom is -0.273 e. The Morgan fingerprint density at radius 3 is 1.76 bits per heavy atom. The Bertz CT molecular complexity index is 341. The SMILES string of the molecule is CC[C@@H](C)C1(CC)C(=O)N(C)C(=O)N(C)C1=O. The third-order valence-electron chi connectivity index (χ3n) is 3.96. The lowest BCUT2D eigenvalue weighted by atomic mass is 9.69. The van der Waals surface area contributed by atoms with Crippen LogP contribution in [-0.2, 0) is 9.59 Å². The number of carbonyl (C=O) groups excluding carboxylic acids is 3. The molecule has 1 aliphatic heterocycles. The van der Waals surface area contributed by atoms with Gasteiger partial charge in [-0.15, -0.1) is 0 Å². The molecule has 4 amide bonds. The van der Waals surface area contributed by atoms with E-state index in [1.807, 2.05) is 20.8 Å². The van der Waals surface area contributed by atoms with Crippen molar-refractivity contribution >= 4 is 17.8 Å². The van der Waals surface area contributed by atoms with Crippen LogP contribution in [0.25, 0.3) is 0 Å². The molecule has 1 rings (SSSR count). The summed E-state index contributed by atoms with van der Waals surface area (Å²) in [6.45, 7) is 5.65. The lowest BCUT2D eigenvalue weighted by molar-refractivity contribution is -0.161. The molecule has 0 N–H and O–H groups in total. The number of carbonyl (C=O) groups is 3. The summed E-state index contributed by atoms with van der Waals surface area (Å²) in [6.07, 6.45) is 1.14. The van der Waals surface area contributed by atoms with Crippen LogP contribution in [0.2, 0.25) is 0 Å². The summed E-state index contributed by atoms with van der Waals surface area (Å²) in [6, 6.07) is -0.549. The van der Waals surface area contributed by atoms with Gasteiger partial charge in [0.1, 0.15) is 5.41 Å². The maximum Gasteiger partial charge on any atom is 0.332 e. The molecule has 0 aromatic rings. The summed E-state index contributed by atoms with van der Waals surface area (Å²) >= 11 is 0. The number of amides is 4. The predicted octanol–water partition coefficient (Wildman–Crippen LogP) is 1.48. The van der Waals surface area contributed by atoms with Crippen LogP contribution in [0, 0.1) is 11.3 Å². The minimum atomic E-state index is -1.08. The van der Waals surface area contributed by atoms with Gasteiger partial charge in [-0.25, -0.2) is 4.79 Å². The van der Waals surface area contributed by atoms with Crippen LogP contribution in [-0.4, -0.2) is 41.7 Å². The smallest absolute Gasteiger partial charge is 0.273 e. The molecule has 1 saturated heterocycles. The van der Waals surface area contributed by atoms with E-state index in [4.69, 9.17) is 0 Å². The average Bonchev–Trinajstić information content (AvgIpc) is 2.35. The van der Waals surface area contributed by atoms with E-state index in [1.54, 1.807) is 0 Å². The first-order chi connectivity index (χ1) is 7.84. The standard InChI is InChI=1S/C12H20N2O3/c1-6-8(3)12(7-2)9(15)13(4)11(17)14(5)10(12)16/h8H,6-7H2,1-5H3/t8-/m1/s1. The van der Waals surface area contributed by atoms with Crippen LogP contribution in [0.4, 0.5) is 4.79 Å². The highest BCUT2D eigenvalue weighted by Gasteiger charge is 2.56. The van der Waals surface area contributed by atoms with Crippen molar-refractivity contribution in [3.63, 3.8) is 0 Å². The van der Waals surface area contributed by atoms with Gasteiger partial charge < -0.3 is 0 Å². The lowest BCUT2D eigenvalue weighted by Crippen LogP contribution is -2.64. The molecule has 96 valence electrons. The molecule has 0 aromatic carbocycles. The molecule has 1 fully saturated rings. The highest BCUT2D eigenvalue weighted by molar-refractivity contribution is 6.18. The Balaban J connectivity index is 3.32. The van der Waals surface area contributed by atoms with E-state index in [0.29, 0.717) is 6.42 Å². The van der Waals surface area contributed by atoms with Crippen LogP contribution in [0.5, 0.6) is 0 Å². The number of hydrogen-bond acceptors (Lipinski definition) is 3. The first kappa shape index (κ1) is 13.7. The quantitative estimate of drug-likeness (QED) is 0.702. The number of barbiturate groups is 1. The van der Waals surface area contributed by atoms with Crippen LogP contribution in [0.3, 0.4) is 0 Å². The molecular weight excluding hydrogens is 220 g/mol. The first-order valence-corrected chi connectivity index (χ1v) is 5.94. The van der Waals surface area contributed by atoms with E-state index in [9.17, 15) is 14.4 Å². The molecular formula is C12H20N2O3. The number of nitrogens with zero attached hydrogens (tertiary/aromatic N) is 2. The van der Waals surface area contributed by atoms with E-state index >= 15 is 0 Å². The van der Waals surface area contributed by atoms with Gasteiger partial charge in [-0.3, -0.25) is 19.4 Å². The summed E-state index contributed by atoms with van der Waals surface area (Å²) in [7, 11) is 2.86. The molecule has 0 bridgehead atoms. The topological polar surface area (TPSA) is 57.7 Å². The average molecular weight is 240 g/mol. The van der Waals surface area contributed by atoms with Gasteiger partial charge in [-0.05, 0) is 12.3 Å². The Morgan fingerprint density at radius 2 is 1.47 bits per heavy atom. The van der Waals surface area contributed by atoms with Crippen molar-refractivity contribution in [2.45, 2.75) is 33.6 Å². The minimum absolute atomic E-state index is 0.0782. The van der Waals surface area contributed by atoms with Crippen molar-refractivity contribution in [1.29, 1.82) is 0 Å². The second-order valence-electron chi connectivity index (χ2n) is 4.65. The van der Waals surface area contributed by atoms with Crippen molar-refractivity contribution in [3.8, 4) is 0 Å². The van der Waals surface area contributed by atoms with Gasteiger partial charge in [0.05, 0.1) is 0 Å². The van der Waals surface area contributed by atoms with Gasteiger partial charge in [-0.2, -0.15) is 0 Å². The number of rotatable bonds is 3. The molecule has 5 heteroatoms. The molecule has 1 heterocycles. The highest BCUT2D eigenvalue weighted by Crippen LogP contribution is 2.40. The third kappa shape index (κ3) is 1.64. The second-order valence-corrected chi connectivity index (χ2v) is 4.65. The summed E-state index contributed by atoms with van der Waals surface area (Å²) in [5, 5.41) is 0. The van der Waals surface area contributed by atoms with Gasteiger partial charge >= 0.3 is 6.03 Å². The summed E-state index contributed by atoms with van der Waals surface area (Å²) in [5.41, 5.74) is -1.08. The van der Waals surface area contributed by atoms with E-state index in [2.05, 4.69) is 0 Å². The van der Waals surface area contributed by atoms with Crippen LogP contribution < -0.4 is 0 Å². The Kier molecular flexibility index (Phi) is 3.59. The summed E-state index contributed by atoms with van der Waals surface area (Å²) in [5.74, 6) is -0.824. The summed E-state index contributed by atoms with van der Waals surface area (Å²) in [4.78, 5) is 38.4. The van der Waals surface area contributed by atoms with Crippen LogP contribution >= 0.6 is 0 Å². The van der Waals surface area contributed by atoms with E-state index in [0.717, 1.165) is 16.2 Å². The molecule has 1 atom stereocenters. The molecule has 0 aromatic heterocycles. The zero-order chi connectivity index (χ0) is 13.4. The van der Waals surface area contributed by atoms with Crippen LogP contribution in [0.15, 0.2) is 0 Å². The fraction of sp³-hybridized carbons (Fsp3) is 0.750. The van der Waals surface area contributed by atoms with Gasteiger partial charge in [-0.1, -0.05) is 27.2 Å². The zero-order valence-corrected chi connectivity index (χ0v) is 11.1. The van der Waals surface area contributed by atoms with Crippen LogP contribution in [0.1, 0.15) is 33.6 Å². The molecule has 0 unspecified atom stereocenters. The van der Waals surface area contributed by atoms with Crippen molar-refractivity contribution in [3.05, 3.63) is 0 Å². The first-order valence-electron chi connectivity index (χ1n) is 5.94. The fourth-order valence-corrected chi connectivity index (χ4v) is 2.51. The predicted molar refractivity (Wildman–Crippen MR) is 63.1 cm³/mol. The van der Waals surface area contributed by atoms with E-state index < -0.39 is 11.4 Å². The molecule has 17 heavy (non-hydrogen) atoms. The van der Waals surface area contributed by atoms with Gasteiger partial charge in [0.2, 0.25) is 11.8 Å². The largest absolute Gasteiger partial charge is 0.332 e. The van der Waals surface area contributed by atoms with E-state index in [-0.39, 0.29) is 17.7 Å². The molecule has 0 radical (unpaired) electrons. The lowest BCUT2D eigenvalue weighted by Gasteiger charge is -2.44. The fourth-order valence-electron chi connectivity index (χ4n) is 2.51. The number of imide groups is 2. The van der Waals surface area contributed by atoms with Gasteiger partial charge in [0.25, 0.3) is 0 Å². The molecule has 0 aliphatic carbocycles. The molecule has 5 nitrogen and oxygen atoms in total. The van der Waals surface area contributed by atoms with Crippen molar-refractivity contribution in [2.75, 3.05) is 14.1 Å². The Morgan fingerprint density at radius 1 is 1.06 bits per heavy atom.